The number of aryl methyl sites for hydroxylation is 1. The zero-order chi connectivity index (χ0) is 12.9. The van der Waals surface area contributed by atoms with Crippen molar-refractivity contribution in [1.29, 1.82) is 0 Å². The minimum atomic E-state index is -1.54. The molecule has 0 bridgehead atoms. The molecular weight excluding hydrogens is 211 g/mol. The molecule has 0 radical (unpaired) electrons. The van der Waals surface area contributed by atoms with E-state index in [4.69, 9.17) is 0 Å². The van der Waals surface area contributed by atoms with Gasteiger partial charge >= 0.3 is 0 Å². The van der Waals surface area contributed by atoms with Gasteiger partial charge in [0.25, 0.3) is 0 Å². The van der Waals surface area contributed by atoms with Crippen molar-refractivity contribution < 1.29 is 4.39 Å². The highest BCUT2D eigenvalue weighted by Gasteiger charge is 2.31. The second-order valence-corrected chi connectivity index (χ2v) is 4.40. The van der Waals surface area contributed by atoms with Gasteiger partial charge in [0.15, 0.2) is 5.67 Å². The molecule has 1 heteroatoms. The van der Waals surface area contributed by atoms with Crippen LogP contribution in [0.1, 0.15) is 38.3 Å². The van der Waals surface area contributed by atoms with Crippen molar-refractivity contribution in [2.75, 3.05) is 0 Å². The third kappa shape index (κ3) is 2.85. The van der Waals surface area contributed by atoms with Crippen LogP contribution in [0.15, 0.2) is 48.6 Å². The zero-order valence-corrected chi connectivity index (χ0v) is 11.0. The zero-order valence-electron chi connectivity index (χ0n) is 11.0. The average molecular weight is 232 g/mol. The van der Waals surface area contributed by atoms with Gasteiger partial charge in [-0.05, 0) is 37.5 Å². The van der Waals surface area contributed by atoms with E-state index >= 15 is 4.39 Å². The smallest absolute Gasteiger partial charge is 0.175 e. The van der Waals surface area contributed by atoms with Crippen LogP contribution in [-0.2, 0) is 12.1 Å². The van der Waals surface area contributed by atoms with Gasteiger partial charge in [-0.3, -0.25) is 0 Å². The molecule has 1 atom stereocenters. The first-order valence-electron chi connectivity index (χ1n) is 6.13. The van der Waals surface area contributed by atoms with E-state index in [9.17, 15) is 0 Å². The maximum absolute atomic E-state index is 15.0. The Bertz CT molecular complexity index is 417. The molecule has 0 spiro atoms. The monoisotopic (exact) mass is 232 g/mol. The molecule has 0 aliphatic carbocycles. The third-order valence-electron chi connectivity index (χ3n) is 2.95. The summed E-state index contributed by atoms with van der Waals surface area (Å²) in [6, 6.07) is 7.71. The molecule has 1 unspecified atom stereocenters. The van der Waals surface area contributed by atoms with E-state index in [1.54, 1.807) is 19.1 Å². The maximum Gasteiger partial charge on any atom is 0.175 e. The van der Waals surface area contributed by atoms with Crippen LogP contribution in [-0.4, -0.2) is 0 Å². The summed E-state index contributed by atoms with van der Waals surface area (Å²) in [5, 5.41) is 0. The molecule has 0 N–H and O–H groups in total. The summed E-state index contributed by atoms with van der Waals surface area (Å²) in [4.78, 5) is 0. The standard InChI is InChI=1S/C16H21F/c1-5-9-14-10-7-8-11-15(14)16(17,12-6-2)13(3)4/h6-8,10-12H,3,5,9H2,1-2,4H3/b12-6+. The lowest BCUT2D eigenvalue weighted by atomic mass is 9.85. The Labute approximate surface area is 104 Å². The SMILES string of the molecule is C=C(C)C(F)(/C=C/C)c1ccccc1CCC. The summed E-state index contributed by atoms with van der Waals surface area (Å²) in [5.41, 5.74) is 0.783. The molecule has 92 valence electrons. The molecule has 0 fully saturated rings. The van der Waals surface area contributed by atoms with Crippen LogP contribution in [0.3, 0.4) is 0 Å². The van der Waals surface area contributed by atoms with Crippen molar-refractivity contribution in [2.24, 2.45) is 0 Å². The lowest BCUT2D eigenvalue weighted by Gasteiger charge is -2.25. The number of allylic oxidation sites excluding steroid dienone is 3. The summed E-state index contributed by atoms with van der Waals surface area (Å²) >= 11 is 0. The maximum atomic E-state index is 15.0. The highest BCUT2D eigenvalue weighted by molar-refractivity contribution is 5.42. The van der Waals surface area contributed by atoms with E-state index in [1.165, 1.54) is 0 Å². The van der Waals surface area contributed by atoms with Crippen molar-refractivity contribution in [2.45, 2.75) is 39.3 Å². The number of hydrogen-bond acceptors (Lipinski definition) is 0. The van der Waals surface area contributed by atoms with Crippen LogP contribution >= 0.6 is 0 Å². The highest BCUT2D eigenvalue weighted by Crippen LogP contribution is 2.36. The number of rotatable bonds is 5. The average Bonchev–Trinajstić information content (AvgIpc) is 2.30. The van der Waals surface area contributed by atoms with Crippen LogP contribution < -0.4 is 0 Å². The van der Waals surface area contributed by atoms with E-state index in [2.05, 4.69) is 13.5 Å². The summed E-state index contributed by atoms with van der Waals surface area (Å²) in [6.45, 7) is 9.47. The number of benzene rings is 1. The largest absolute Gasteiger partial charge is 0.229 e. The molecule has 0 aromatic heterocycles. The van der Waals surface area contributed by atoms with Gasteiger partial charge in [0, 0.05) is 5.56 Å². The molecule has 1 aromatic carbocycles. The minimum Gasteiger partial charge on any atom is -0.229 e. The van der Waals surface area contributed by atoms with Gasteiger partial charge in [0.05, 0.1) is 0 Å². The van der Waals surface area contributed by atoms with Crippen LogP contribution in [0.2, 0.25) is 0 Å². The molecule has 0 heterocycles. The van der Waals surface area contributed by atoms with E-state index in [1.807, 2.05) is 31.2 Å². The summed E-state index contributed by atoms with van der Waals surface area (Å²) < 4.78 is 15.0. The molecule has 0 aliphatic rings. The molecule has 1 rings (SSSR count). The Kier molecular flexibility index (Phi) is 4.68. The number of alkyl halides is 1. The predicted octanol–water partition coefficient (Wildman–Crippen LogP) is 4.96. The second-order valence-electron chi connectivity index (χ2n) is 4.40. The van der Waals surface area contributed by atoms with Gasteiger partial charge in [0.2, 0.25) is 0 Å². The predicted molar refractivity (Wildman–Crippen MR) is 72.9 cm³/mol. The lowest BCUT2D eigenvalue weighted by Crippen LogP contribution is -2.20. The molecule has 0 saturated carbocycles. The molecule has 0 nitrogen and oxygen atoms in total. The molecule has 1 aromatic rings. The van der Waals surface area contributed by atoms with Gasteiger partial charge in [0.1, 0.15) is 0 Å². The minimum absolute atomic E-state index is 0.527. The van der Waals surface area contributed by atoms with Crippen LogP contribution in [0.4, 0.5) is 4.39 Å². The first kappa shape index (κ1) is 13.7. The molecular formula is C16H21F. The van der Waals surface area contributed by atoms with Crippen molar-refractivity contribution in [3.8, 4) is 0 Å². The van der Waals surface area contributed by atoms with Gasteiger partial charge in [-0.15, -0.1) is 0 Å². The number of halogens is 1. The third-order valence-corrected chi connectivity index (χ3v) is 2.95. The summed E-state index contributed by atoms with van der Waals surface area (Å²) in [5.74, 6) is 0. The Morgan fingerprint density at radius 1 is 1.41 bits per heavy atom. The first-order valence-corrected chi connectivity index (χ1v) is 6.13. The topological polar surface area (TPSA) is 0 Å². The van der Waals surface area contributed by atoms with Gasteiger partial charge in [-0.1, -0.05) is 50.3 Å². The summed E-state index contributed by atoms with van der Waals surface area (Å²) in [6.07, 6.45) is 5.24. The van der Waals surface area contributed by atoms with E-state index in [0.29, 0.717) is 5.57 Å². The van der Waals surface area contributed by atoms with Gasteiger partial charge < -0.3 is 0 Å². The Hall–Kier alpha value is -1.37. The fraction of sp³-hybridized carbons (Fsp3) is 0.375. The molecule has 0 saturated heterocycles. The quantitative estimate of drug-likeness (QED) is 0.630. The van der Waals surface area contributed by atoms with Crippen LogP contribution in [0.5, 0.6) is 0 Å². The molecule has 0 aliphatic heterocycles. The van der Waals surface area contributed by atoms with Gasteiger partial charge in [-0.25, -0.2) is 4.39 Å². The van der Waals surface area contributed by atoms with Crippen molar-refractivity contribution in [3.63, 3.8) is 0 Å². The van der Waals surface area contributed by atoms with E-state index in [0.717, 1.165) is 24.0 Å². The Morgan fingerprint density at radius 3 is 2.59 bits per heavy atom. The highest BCUT2D eigenvalue weighted by atomic mass is 19.1. The van der Waals surface area contributed by atoms with Gasteiger partial charge in [-0.2, -0.15) is 0 Å². The van der Waals surface area contributed by atoms with Crippen molar-refractivity contribution >= 4 is 0 Å². The first-order chi connectivity index (χ1) is 8.06. The number of hydrogen-bond donors (Lipinski definition) is 0. The van der Waals surface area contributed by atoms with Crippen LogP contribution in [0.25, 0.3) is 0 Å². The molecule has 0 amide bonds. The fourth-order valence-electron chi connectivity index (χ4n) is 2.05. The van der Waals surface area contributed by atoms with E-state index in [-0.39, 0.29) is 0 Å². The fourth-order valence-corrected chi connectivity index (χ4v) is 2.05. The normalized spacial score (nSPS) is 14.8. The van der Waals surface area contributed by atoms with E-state index < -0.39 is 5.67 Å². The van der Waals surface area contributed by atoms with Crippen molar-refractivity contribution in [1.82, 2.24) is 0 Å². The Morgan fingerprint density at radius 2 is 2.06 bits per heavy atom. The van der Waals surface area contributed by atoms with Crippen LogP contribution in [0, 0.1) is 0 Å². The second kappa shape index (κ2) is 5.81. The Balaban J connectivity index is 3.32. The lowest BCUT2D eigenvalue weighted by molar-refractivity contribution is 0.285. The van der Waals surface area contributed by atoms with Crippen molar-refractivity contribution in [3.05, 3.63) is 59.7 Å². The summed E-state index contributed by atoms with van der Waals surface area (Å²) in [7, 11) is 0. The molecule has 17 heavy (non-hydrogen) atoms.